The molecule has 0 saturated carbocycles. The first-order valence-electron chi connectivity index (χ1n) is 9.15. The molecule has 0 aliphatic carbocycles. The van der Waals surface area contributed by atoms with Gasteiger partial charge in [-0.2, -0.15) is 0 Å². The highest BCUT2D eigenvalue weighted by molar-refractivity contribution is 5.95. The Morgan fingerprint density at radius 3 is 2.39 bits per heavy atom. The van der Waals surface area contributed by atoms with E-state index in [1.807, 2.05) is 30.3 Å². The van der Waals surface area contributed by atoms with Gasteiger partial charge in [0, 0.05) is 18.2 Å². The summed E-state index contributed by atoms with van der Waals surface area (Å²) in [6.07, 6.45) is 2.04. The Bertz CT molecular complexity index is 739. The topological polar surface area (TPSA) is 68.8 Å². The molecule has 1 heterocycles. The summed E-state index contributed by atoms with van der Waals surface area (Å²) in [7, 11) is 3.10. The number of methoxy groups -OCH3 is 2. The number of hydrogen-bond donors (Lipinski definition) is 2. The molecule has 1 fully saturated rings. The molecule has 7 heteroatoms. The zero-order chi connectivity index (χ0) is 19.1. The van der Waals surface area contributed by atoms with Gasteiger partial charge in [0.05, 0.1) is 14.2 Å². The molecule has 2 N–H and O–H groups in total. The summed E-state index contributed by atoms with van der Waals surface area (Å²) in [5.74, 6) is 1.28. The third-order valence-electron chi connectivity index (χ3n) is 4.58. The van der Waals surface area contributed by atoms with E-state index in [0.717, 1.165) is 31.5 Å². The van der Waals surface area contributed by atoms with Gasteiger partial charge in [-0.1, -0.05) is 30.3 Å². The van der Waals surface area contributed by atoms with Crippen LogP contribution in [0, 0.1) is 0 Å². The summed E-state index contributed by atoms with van der Waals surface area (Å²) in [6, 6.07) is 13.4. The number of benzene rings is 2. The van der Waals surface area contributed by atoms with Crippen molar-refractivity contribution >= 4 is 18.3 Å². The standard InChI is InChI=1S/C21H26N2O4.ClH/c1-25-18-11-16(21(24)23-17-9-6-10-22-13-17)12-19(26-2)20(18)27-14-15-7-4-3-5-8-15;/h3-5,7-8,11-12,17,22H,6,9-10,13-14H2,1-2H3,(H,23,24);1H/t17-;/m0./s1. The van der Waals surface area contributed by atoms with E-state index in [9.17, 15) is 4.79 Å². The van der Waals surface area contributed by atoms with E-state index in [4.69, 9.17) is 14.2 Å². The fourth-order valence-corrected chi connectivity index (χ4v) is 3.13. The highest BCUT2D eigenvalue weighted by Gasteiger charge is 2.21. The van der Waals surface area contributed by atoms with E-state index in [-0.39, 0.29) is 24.4 Å². The number of carbonyl (C=O) groups excluding carboxylic acids is 1. The third kappa shape index (κ3) is 5.53. The number of hydrogen-bond acceptors (Lipinski definition) is 5. The fourth-order valence-electron chi connectivity index (χ4n) is 3.13. The number of carbonyl (C=O) groups is 1. The summed E-state index contributed by atoms with van der Waals surface area (Å²) in [5.41, 5.74) is 1.52. The van der Waals surface area contributed by atoms with Crippen LogP contribution in [0.2, 0.25) is 0 Å². The first-order chi connectivity index (χ1) is 13.2. The molecule has 2 aromatic rings. The maximum absolute atomic E-state index is 12.6. The van der Waals surface area contributed by atoms with Gasteiger partial charge >= 0.3 is 0 Å². The molecule has 1 saturated heterocycles. The predicted octanol–water partition coefficient (Wildman–Crippen LogP) is 3.19. The zero-order valence-electron chi connectivity index (χ0n) is 16.2. The van der Waals surface area contributed by atoms with Crippen molar-refractivity contribution in [1.29, 1.82) is 0 Å². The van der Waals surface area contributed by atoms with Crippen molar-refractivity contribution in [3.05, 3.63) is 53.6 Å². The maximum atomic E-state index is 12.6. The van der Waals surface area contributed by atoms with Gasteiger partial charge < -0.3 is 24.8 Å². The molecule has 0 bridgehead atoms. The molecule has 0 radical (unpaired) electrons. The van der Waals surface area contributed by atoms with Crippen LogP contribution in [0.5, 0.6) is 17.2 Å². The van der Waals surface area contributed by atoms with Crippen molar-refractivity contribution in [2.24, 2.45) is 0 Å². The minimum absolute atomic E-state index is 0. The summed E-state index contributed by atoms with van der Waals surface area (Å²) in [4.78, 5) is 12.6. The summed E-state index contributed by atoms with van der Waals surface area (Å²) in [6.45, 7) is 2.17. The molecule has 1 atom stereocenters. The lowest BCUT2D eigenvalue weighted by Gasteiger charge is -2.24. The molecule has 3 rings (SSSR count). The lowest BCUT2D eigenvalue weighted by molar-refractivity contribution is 0.0929. The number of ether oxygens (including phenoxy) is 3. The van der Waals surface area contributed by atoms with Crippen LogP contribution in [0.4, 0.5) is 0 Å². The third-order valence-corrected chi connectivity index (χ3v) is 4.58. The molecule has 0 spiro atoms. The van der Waals surface area contributed by atoms with Crippen molar-refractivity contribution in [1.82, 2.24) is 10.6 Å². The largest absolute Gasteiger partial charge is 0.493 e. The lowest BCUT2D eigenvalue weighted by atomic mass is 10.1. The summed E-state index contributed by atoms with van der Waals surface area (Å²) < 4.78 is 16.8. The molecule has 0 aromatic heterocycles. The molecular weight excluding hydrogens is 380 g/mol. The SMILES string of the molecule is COc1cc(C(=O)N[C@H]2CCCNC2)cc(OC)c1OCc1ccccc1.Cl. The molecule has 2 aromatic carbocycles. The highest BCUT2D eigenvalue weighted by Crippen LogP contribution is 2.39. The van der Waals surface area contributed by atoms with E-state index in [0.29, 0.717) is 29.4 Å². The van der Waals surface area contributed by atoms with E-state index in [1.165, 1.54) is 0 Å². The van der Waals surface area contributed by atoms with Gasteiger partial charge in [0.15, 0.2) is 11.5 Å². The van der Waals surface area contributed by atoms with E-state index in [1.54, 1.807) is 26.4 Å². The average molecular weight is 407 g/mol. The summed E-state index contributed by atoms with van der Waals surface area (Å²) >= 11 is 0. The van der Waals surface area contributed by atoms with Crippen LogP contribution < -0.4 is 24.8 Å². The fraction of sp³-hybridized carbons (Fsp3) is 0.381. The van der Waals surface area contributed by atoms with Crippen molar-refractivity contribution in [2.45, 2.75) is 25.5 Å². The minimum Gasteiger partial charge on any atom is -0.493 e. The van der Waals surface area contributed by atoms with Crippen molar-refractivity contribution < 1.29 is 19.0 Å². The Hall–Kier alpha value is -2.44. The van der Waals surface area contributed by atoms with Crippen molar-refractivity contribution in [3.63, 3.8) is 0 Å². The van der Waals surface area contributed by atoms with Crippen LogP contribution in [-0.2, 0) is 6.61 Å². The minimum atomic E-state index is -0.144. The van der Waals surface area contributed by atoms with E-state index < -0.39 is 0 Å². The smallest absolute Gasteiger partial charge is 0.251 e. The molecule has 0 unspecified atom stereocenters. The van der Waals surface area contributed by atoms with Crippen LogP contribution in [0.15, 0.2) is 42.5 Å². The number of nitrogens with one attached hydrogen (secondary N) is 2. The second-order valence-electron chi connectivity index (χ2n) is 6.50. The summed E-state index contributed by atoms with van der Waals surface area (Å²) in [5, 5.41) is 6.36. The van der Waals surface area contributed by atoms with Crippen LogP contribution in [0.25, 0.3) is 0 Å². The van der Waals surface area contributed by atoms with Gasteiger partial charge in [-0.25, -0.2) is 0 Å². The van der Waals surface area contributed by atoms with Crippen LogP contribution in [0.3, 0.4) is 0 Å². The predicted molar refractivity (Wildman–Crippen MR) is 111 cm³/mol. The average Bonchev–Trinajstić information content (AvgIpc) is 2.73. The molecule has 152 valence electrons. The number of halogens is 1. The Balaban J connectivity index is 0.00000280. The second-order valence-corrected chi connectivity index (χ2v) is 6.50. The van der Waals surface area contributed by atoms with Gasteiger partial charge in [-0.3, -0.25) is 4.79 Å². The van der Waals surface area contributed by atoms with Gasteiger partial charge in [0.2, 0.25) is 5.75 Å². The lowest BCUT2D eigenvalue weighted by Crippen LogP contribution is -2.45. The zero-order valence-corrected chi connectivity index (χ0v) is 17.0. The normalized spacial score (nSPS) is 15.9. The van der Waals surface area contributed by atoms with Crippen LogP contribution >= 0.6 is 12.4 Å². The molecule has 6 nitrogen and oxygen atoms in total. The number of rotatable bonds is 7. The van der Waals surface area contributed by atoms with Gasteiger partial charge in [-0.15, -0.1) is 12.4 Å². The number of amides is 1. The molecular formula is C21H27ClN2O4. The molecule has 1 aliphatic heterocycles. The molecule has 1 amide bonds. The van der Waals surface area contributed by atoms with Gasteiger partial charge in [-0.05, 0) is 37.1 Å². The first-order valence-corrected chi connectivity index (χ1v) is 9.15. The molecule has 1 aliphatic rings. The Kier molecular flexibility index (Phi) is 8.42. The maximum Gasteiger partial charge on any atom is 0.251 e. The van der Waals surface area contributed by atoms with E-state index >= 15 is 0 Å². The Morgan fingerprint density at radius 1 is 1.14 bits per heavy atom. The molecule has 28 heavy (non-hydrogen) atoms. The van der Waals surface area contributed by atoms with Gasteiger partial charge in [0.25, 0.3) is 5.91 Å². The second kappa shape index (κ2) is 10.8. The van der Waals surface area contributed by atoms with Crippen LogP contribution in [-0.4, -0.2) is 39.3 Å². The van der Waals surface area contributed by atoms with E-state index in [2.05, 4.69) is 10.6 Å². The number of piperidine rings is 1. The van der Waals surface area contributed by atoms with Crippen molar-refractivity contribution in [2.75, 3.05) is 27.3 Å². The van der Waals surface area contributed by atoms with Gasteiger partial charge in [0.1, 0.15) is 6.61 Å². The van der Waals surface area contributed by atoms with Crippen molar-refractivity contribution in [3.8, 4) is 17.2 Å². The quantitative estimate of drug-likeness (QED) is 0.739. The Labute approximate surface area is 172 Å². The highest BCUT2D eigenvalue weighted by atomic mass is 35.5. The Morgan fingerprint density at radius 2 is 1.82 bits per heavy atom. The monoisotopic (exact) mass is 406 g/mol. The van der Waals surface area contributed by atoms with Crippen LogP contribution in [0.1, 0.15) is 28.8 Å². The first kappa shape index (κ1) is 21.9.